The Morgan fingerprint density at radius 2 is 1.58 bits per heavy atom. The molecule has 0 unspecified atom stereocenters. The van der Waals surface area contributed by atoms with Crippen molar-refractivity contribution in [1.82, 2.24) is 24.4 Å². The van der Waals surface area contributed by atoms with Crippen molar-refractivity contribution in [2.45, 2.75) is 26.3 Å². The van der Waals surface area contributed by atoms with Gasteiger partial charge in [0, 0.05) is 49.7 Å². The number of pyridine rings is 2. The summed E-state index contributed by atoms with van der Waals surface area (Å²) in [6, 6.07) is 12.3. The molecule has 6 nitrogen and oxygen atoms in total. The maximum absolute atomic E-state index is 13.6. The Labute approximate surface area is 201 Å². The first-order chi connectivity index (χ1) is 15.8. The highest BCUT2D eigenvalue weighted by Crippen LogP contribution is 2.34. The maximum atomic E-state index is 13.6. The van der Waals surface area contributed by atoms with E-state index in [0.717, 1.165) is 58.9 Å². The van der Waals surface area contributed by atoms with Gasteiger partial charge in [0.15, 0.2) is 5.65 Å². The number of halogens is 2. The zero-order valence-electron chi connectivity index (χ0n) is 19.0. The molecule has 1 saturated heterocycles. The summed E-state index contributed by atoms with van der Waals surface area (Å²) in [5.74, 6) is 1.35. The van der Waals surface area contributed by atoms with Crippen molar-refractivity contribution in [3.8, 4) is 17.1 Å². The lowest BCUT2D eigenvalue weighted by atomic mass is 10.1. The number of anilines is 1. The van der Waals surface area contributed by atoms with Crippen LogP contribution in [0.1, 0.15) is 20.8 Å². The number of imidazole rings is 1. The summed E-state index contributed by atoms with van der Waals surface area (Å²) < 4.78 is 16.5. The number of hydrogen-bond donors (Lipinski definition) is 0. The normalized spacial score (nSPS) is 15.4. The fraction of sp³-hybridized carbons (Fsp3) is 0.320. The van der Waals surface area contributed by atoms with Crippen LogP contribution in [-0.2, 0) is 0 Å². The zero-order chi connectivity index (χ0) is 23.2. The number of fused-ring (bicyclic) bond motifs is 1. The Kier molecular flexibility index (Phi) is 5.66. The van der Waals surface area contributed by atoms with Crippen molar-refractivity contribution in [2.24, 2.45) is 0 Å². The first-order valence-electron chi connectivity index (χ1n) is 11.1. The SMILES string of the molecule is CC(C)(C)N1CCN(c2nc3c(cc2Br)nc(-c2ccc(F)cc2)n3-c2ccncc2)CC1. The van der Waals surface area contributed by atoms with E-state index in [1.165, 1.54) is 12.1 Å². The molecule has 1 aromatic carbocycles. The second-order valence-electron chi connectivity index (χ2n) is 9.26. The molecule has 1 aliphatic heterocycles. The van der Waals surface area contributed by atoms with Crippen molar-refractivity contribution in [3.63, 3.8) is 0 Å². The van der Waals surface area contributed by atoms with E-state index in [4.69, 9.17) is 9.97 Å². The smallest absolute Gasteiger partial charge is 0.167 e. The second kappa shape index (κ2) is 8.50. The fourth-order valence-corrected chi connectivity index (χ4v) is 4.87. The Hall–Kier alpha value is -2.84. The Balaban J connectivity index is 1.62. The Morgan fingerprint density at radius 3 is 2.21 bits per heavy atom. The predicted molar refractivity (Wildman–Crippen MR) is 133 cm³/mol. The van der Waals surface area contributed by atoms with E-state index in [0.29, 0.717) is 5.82 Å². The van der Waals surface area contributed by atoms with Gasteiger partial charge in [0.2, 0.25) is 0 Å². The molecule has 5 rings (SSSR count). The van der Waals surface area contributed by atoms with E-state index in [1.54, 1.807) is 24.5 Å². The first kappa shape index (κ1) is 22.0. The van der Waals surface area contributed by atoms with Crippen LogP contribution < -0.4 is 4.90 Å². The van der Waals surface area contributed by atoms with Crippen LogP contribution in [0.5, 0.6) is 0 Å². The average molecular weight is 509 g/mol. The molecule has 0 atom stereocenters. The lowest BCUT2D eigenvalue weighted by Crippen LogP contribution is -2.53. The third kappa shape index (κ3) is 4.25. The quantitative estimate of drug-likeness (QED) is 0.375. The number of rotatable bonds is 3. The van der Waals surface area contributed by atoms with Gasteiger partial charge in [-0.1, -0.05) is 0 Å². The van der Waals surface area contributed by atoms with Crippen molar-refractivity contribution >= 4 is 32.9 Å². The van der Waals surface area contributed by atoms with Crippen LogP contribution in [0, 0.1) is 5.82 Å². The van der Waals surface area contributed by atoms with Crippen molar-refractivity contribution < 1.29 is 4.39 Å². The number of aromatic nitrogens is 4. The number of hydrogen-bond acceptors (Lipinski definition) is 5. The number of benzene rings is 1. The number of piperazine rings is 1. The average Bonchev–Trinajstić information content (AvgIpc) is 3.17. The van der Waals surface area contributed by atoms with Gasteiger partial charge < -0.3 is 4.90 Å². The molecule has 0 amide bonds. The van der Waals surface area contributed by atoms with Gasteiger partial charge in [-0.2, -0.15) is 0 Å². The molecule has 0 N–H and O–H groups in total. The van der Waals surface area contributed by atoms with Gasteiger partial charge in [0.05, 0.1) is 10.2 Å². The summed E-state index contributed by atoms with van der Waals surface area (Å²) >= 11 is 3.74. The van der Waals surface area contributed by atoms with Gasteiger partial charge >= 0.3 is 0 Å². The van der Waals surface area contributed by atoms with Gasteiger partial charge in [-0.05, 0) is 79.2 Å². The van der Waals surface area contributed by atoms with Crippen LogP contribution in [0.4, 0.5) is 10.2 Å². The lowest BCUT2D eigenvalue weighted by molar-refractivity contribution is 0.128. The molecule has 8 heteroatoms. The molecule has 1 aliphatic rings. The van der Waals surface area contributed by atoms with Gasteiger partial charge in [-0.15, -0.1) is 0 Å². The van der Waals surface area contributed by atoms with Crippen LogP contribution in [0.25, 0.3) is 28.2 Å². The summed E-state index contributed by atoms with van der Waals surface area (Å²) in [6.45, 7) is 10.6. The van der Waals surface area contributed by atoms with E-state index in [9.17, 15) is 4.39 Å². The minimum absolute atomic E-state index is 0.157. The van der Waals surface area contributed by atoms with E-state index in [1.807, 2.05) is 22.8 Å². The summed E-state index contributed by atoms with van der Waals surface area (Å²) in [6.07, 6.45) is 3.50. The summed E-state index contributed by atoms with van der Waals surface area (Å²) in [5.41, 5.74) is 3.42. The minimum Gasteiger partial charge on any atom is -0.353 e. The third-order valence-electron chi connectivity index (χ3n) is 6.12. The standard InChI is InChI=1S/C25H26BrFN6/c1-25(2,3)32-14-12-31(13-15-32)23-20(26)16-21-24(30-23)33(19-8-10-28-11-9-19)22(29-21)17-4-6-18(27)7-5-17/h4-11,16H,12-15H2,1-3H3. The summed E-state index contributed by atoms with van der Waals surface area (Å²) in [7, 11) is 0. The third-order valence-corrected chi connectivity index (χ3v) is 6.70. The molecule has 0 saturated carbocycles. The summed E-state index contributed by atoms with van der Waals surface area (Å²) in [5, 5.41) is 0. The van der Waals surface area contributed by atoms with Gasteiger partial charge in [-0.3, -0.25) is 14.5 Å². The van der Waals surface area contributed by atoms with E-state index < -0.39 is 0 Å². The van der Waals surface area contributed by atoms with Crippen molar-refractivity contribution in [1.29, 1.82) is 0 Å². The minimum atomic E-state index is -0.275. The molecule has 1 fully saturated rings. The molecule has 4 heterocycles. The van der Waals surface area contributed by atoms with Crippen LogP contribution in [0.3, 0.4) is 0 Å². The Morgan fingerprint density at radius 1 is 0.909 bits per heavy atom. The van der Waals surface area contributed by atoms with Crippen molar-refractivity contribution in [2.75, 3.05) is 31.1 Å². The monoisotopic (exact) mass is 508 g/mol. The van der Waals surface area contributed by atoms with Gasteiger partial charge in [0.25, 0.3) is 0 Å². The molecule has 4 aromatic rings. The molecule has 3 aromatic heterocycles. The van der Waals surface area contributed by atoms with Crippen LogP contribution >= 0.6 is 15.9 Å². The highest BCUT2D eigenvalue weighted by molar-refractivity contribution is 9.10. The van der Waals surface area contributed by atoms with E-state index in [2.05, 4.69) is 51.5 Å². The highest BCUT2D eigenvalue weighted by atomic mass is 79.9. The molecule has 0 bridgehead atoms. The fourth-order valence-electron chi connectivity index (χ4n) is 4.31. The van der Waals surface area contributed by atoms with Crippen LogP contribution in [0.2, 0.25) is 0 Å². The largest absolute Gasteiger partial charge is 0.353 e. The molecule has 0 aliphatic carbocycles. The van der Waals surface area contributed by atoms with Crippen LogP contribution in [0.15, 0.2) is 59.3 Å². The molecule has 0 spiro atoms. The predicted octanol–water partition coefficient (Wildman–Crippen LogP) is 5.30. The molecule has 33 heavy (non-hydrogen) atoms. The van der Waals surface area contributed by atoms with Crippen molar-refractivity contribution in [3.05, 3.63) is 65.1 Å². The topological polar surface area (TPSA) is 50.1 Å². The molecular weight excluding hydrogens is 483 g/mol. The molecule has 170 valence electrons. The Bertz CT molecular complexity index is 1270. The first-order valence-corrected chi connectivity index (χ1v) is 11.9. The van der Waals surface area contributed by atoms with Gasteiger partial charge in [0.1, 0.15) is 23.0 Å². The molecule has 0 radical (unpaired) electrons. The zero-order valence-corrected chi connectivity index (χ0v) is 20.5. The van der Waals surface area contributed by atoms with Gasteiger partial charge in [-0.25, -0.2) is 14.4 Å². The second-order valence-corrected chi connectivity index (χ2v) is 10.1. The number of nitrogens with zero attached hydrogens (tertiary/aromatic N) is 6. The molecular formula is C25H26BrFN6. The maximum Gasteiger partial charge on any atom is 0.167 e. The summed E-state index contributed by atoms with van der Waals surface area (Å²) in [4.78, 5) is 19.0. The highest BCUT2D eigenvalue weighted by Gasteiger charge is 2.28. The lowest BCUT2D eigenvalue weighted by Gasteiger charge is -2.42. The van der Waals surface area contributed by atoms with E-state index in [-0.39, 0.29) is 11.4 Å². The van der Waals surface area contributed by atoms with E-state index >= 15 is 0 Å². The van der Waals surface area contributed by atoms with Crippen LogP contribution in [-0.4, -0.2) is 56.1 Å².